The van der Waals surface area contributed by atoms with E-state index in [2.05, 4.69) is 10.6 Å². The molecule has 0 aliphatic carbocycles. The Balaban J connectivity index is 1.83. The number of hydrogen-bond acceptors (Lipinski definition) is 5. The van der Waals surface area contributed by atoms with Crippen LogP contribution in [0.5, 0.6) is 0 Å². The molecular weight excluding hydrogens is 340 g/mol. The smallest absolute Gasteiger partial charge is 0.313 e. The van der Waals surface area contributed by atoms with Gasteiger partial charge in [-0.25, -0.2) is 0 Å². The highest BCUT2D eigenvalue weighted by molar-refractivity contribution is 7.98. The second-order valence-corrected chi connectivity index (χ2v) is 6.43. The van der Waals surface area contributed by atoms with Crippen LogP contribution in [0.2, 0.25) is 0 Å². The first-order valence-corrected chi connectivity index (χ1v) is 9.12. The molecule has 0 unspecified atom stereocenters. The maximum atomic E-state index is 12.0. The first kappa shape index (κ1) is 19.1. The van der Waals surface area contributed by atoms with Gasteiger partial charge in [0.1, 0.15) is 11.5 Å². The highest BCUT2D eigenvalue weighted by Crippen LogP contribution is 2.25. The number of carbonyl (C=O) groups excluding carboxylic acids is 2. The molecule has 2 rings (SSSR count). The quantitative estimate of drug-likeness (QED) is 0.543. The Hall–Kier alpha value is -2.25. The fourth-order valence-corrected chi connectivity index (χ4v) is 3.02. The number of furan rings is 1. The van der Waals surface area contributed by atoms with Crippen molar-refractivity contribution in [3.8, 4) is 0 Å². The Kier molecular flexibility index (Phi) is 6.66. The van der Waals surface area contributed by atoms with Crippen molar-refractivity contribution in [2.75, 3.05) is 18.1 Å². The minimum atomic E-state index is -0.752. The van der Waals surface area contributed by atoms with Crippen molar-refractivity contribution in [3.05, 3.63) is 47.4 Å². The van der Waals surface area contributed by atoms with E-state index in [0.717, 1.165) is 10.7 Å². The molecule has 1 aromatic carbocycles. The van der Waals surface area contributed by atoms with Gasteiger partial charge in [-0.15, -0.1) is 11.8 Å². The summed E-state index contributed by atoms with van der Waals surface area (Å²) in [6, 6.07) is 9.03. The largest absolute Gasteiger partial charge is 0.466 e. The maximum absolute atomic E-state index is 12.0. The molecule has 1 atom stereocenters. The number of benzene rings is 1. The summed E-state index contributed by atoms with van der Waals surface area (Å²) in [5.74, 6) is -0.0836. The number of para-hydroxylation sites is 1. The number of hydrogen-bond donors (Lipinski definition) is 3. The summed E-state index contributed by atoms with van der Waals surface area (Å²) in [4.78, 5) is 24.8. The van der Waals surface area contributed by atoms with Gasteiger partial charge in [-0.3, -0.25) is 9.59 Å². The van der Waals surface area contributed by atoms with Crippen molar-refractivity contribution < 1.29 is 19.1 Å². The van der Waals surface area contributed by atoms with Crippen LogP contribution in [0.1, 0.15) is 29.6 Å². The predicted molar refractivity (Wildman–Crippen MR) is 97.6 cm³/mol. The highest BCUT2D eigenvalue weighted by Gasteiger charge is 2.17. The van der Waals surface area contributed by atoms with Crippen LogP contribution in [0.15, 0.2) is 39.6 Å². The van der Waals surface area contributed by atoms with E-state index in [1.807, 2.05) is 25.3 Å². The molecule has 0 aliphatic rings. The third kappa shape index (κ3) is 5.11. The zero-order valence-corrected chi connectivity index (χ0v) is 15.3. The standard InChI is InChI=1S/C18H22N2O4S/c1-11-10-13(12(2)24-11)15(21)8-9-19-17(22)18(23)20-14-6-4-5-7-16(14)25-3/h4-7,10,15,21H,8-9H2,1-3H3,(H,19,22)(H,20,23)/t15-/m1/s1. The lowest BCUT2D eigenvalue weighted by atomic mass is 10.1. The van der Waals surface area contributed by atoms with Crippen LogP contribution in [0.3, 0.4) is 0 Å². The molecule has 1 aromatic heterocycles. The Morgan fingerprint density at radius 2 is 1.96 bits per heavy atom. The minimum Gasteiger partial charge on any atom is -0.466 e. The van der Waals surface area contributed by atoms with Crippen LogP contribution in [-0.2, 0) is 9.59 Å². The number of anilines is 1. The molecule has 0 fully saturated rings. The van der Waals surface area contributed by atoms with E-state index in [1.54, 1.807) is 25.1 Å². The third-order valence-electron chi connectivity index (χ3n) is 3.70. The SMILES string of the molecule is CSc1ccccc1NC(=O)C(=O)NCC[C@@H](O)c1cc(C)oc1C. The number of aliphatic hydroxyl groups is 1. The Morgan fingerprint density at radius 1 is 1.24 bits per heavy atom. The van der Waals surface area contributed by atoms with Crippen LogP contribution < -0.4 is 10.6 Å². The third-order valence-corrected chi connectivity index (χ3v) is 4.50. The van der Waals surface area contributed by atoms with Crippen LogP contribution in [0.4, 0.5) is 5.69 Å². The normalized spacial score (nSPS) is 11.8. The van der Waals surface area contributed by atoms with Crippen LogP contribution >= 0.6 is 11.8 Å². The summed E-state index contributed by atoms with van der Waals surface area (Å²) < 4.78 is 5.38. The summed E-state index contributed by atoms with van der Waals surface area (Å²) in [6.45, 7) is 3.77. The molecule has 7 heteroatoms. The van der Waals surface area contributed by atoms with Gasteiger partial charge in [-0.05, 0) is 44.7 Å². The summed E-state index contributed by atoms with van der Waals surface area (Å²) in [5.41, 5.74) is 1.30. The fourth-order valence-electron chi connectivity index (χ4n) is 2.47. The fraction of sp³-hybridized carbons (Fsp3) is 0.333. The molecule has 3 N–H and O–H groups in total. The minimum absolute atomic E-state index is 0.182. The van der Waals surface area contributed by atoms with Gasteiger partial charge in [0, 0.05) is 17.0 Å². The summed E-state index contributed by atoms with van der Waals surface area (Å²) in [5, 5.41) is 15.3. The molecule has 0 radical (unpaired) electrons. The van der Waals surface area contributed by atoms with Gasteiger partial charge >= 0.3 is 11.8 Å². The molecule has 2 amide bonds. The number of carbonyl (C=O) groups is 2. The molecule has 1 heterocycles. The summed E-state index contributed by atoms with van der Waals surface area (Å²) >= 11 is 1.48. The molecule has 0 spiro atoms. The molecule has 0 saturated heterocycles. The summed E-state index contributed by atoms with van der Waals surface area (Å²) in [7, 11) is 0. The highest BCUT2D eigenvalue weighted by atomic mass is 32.2. The number of amides is 2. The van der Waals surface area contributed by atoms with E-state index < -0.39 is 17.9 Å². The lowest BCUT2D eigenvalue weighted by Gasteiger charge is -2.11. The summed E-state index contributed by atoms with van der Waals surface area (Å²) in [6.07, 6.45) is 1.43. The molecule has 0 bridgehead atoms. The lowest BCUT2D eigenvalue weighted by molar-refractivity contribution is -0.136. The van der Waals surface area contributed by atoms with E-state index in [-0.39, 0.29) is 6.54 Å². The van der Waals surface area contributed by atoms with Crippen molar-refractivity contribution in [2.24, 2.45) is 0 Å². The van der Waals surface area contributed by atoms with Crippen molar-refractivity contribution in [1.29, 1.82) is 0 Å². The second-order valence-electron chi connectivity index (χ2n) is 5.58. The lowest BCUT2D eigenvalue weighted by Crippen LogP contribution is -2.36. The van der Waals surface area contributed by atoms with Crippen LogP contribution in [0.25, 0.3) is 0 Å². The average Bonchev–Trinajstić information content (AvgIpc) is 2.93. The first-order chi connectivity index (χ1) is 11.9. The predicted octanol–water partition coefficient (Wildman–Crippen LogP) is 2.80. The average molecular weight is 362 g/mol. The zero-order chi connectivity index (χ0) is 18.4. The Labute approximate surface area is 151 Å². The van der Waals surface area contributed by atoms with E-state index in [1.165, 1.54) is 11.8 Å². The molecular formula is C18H22N2O4S. The van der Waals surface area contributed by atoms with E-state index in [0.29, 0.717) is 23.4 Å². The first-order valence-electron chi connectivity index (χ1n) is 7.89. The number of rotatable bonds is 6. The Bertz CT molecular complexity index is 757. The second kappa shape index (κ2) is 8.73. The monoisotopic (exact) mass is 362 g/mol. The van der Waals surface area contributed by atoms with Crippen molar-refractivity contribution in [2.45, 2.75) is 31.3 Å². The van der Waals surface area contributed by atoms with Gasteiger partial charge in [0.25, 0.3) is 0 Å². The van der Waals surface area contributed by atoms with Gasteiger partial charge in [0.05, 0.1) is 11.8 Å². The van der Waals surface area contributed by atoms with Gasteiger partial charge in [-0.2, -0.15) is 0 Å². The molecule has 0 aliphatic heterocycles. The van der Waals surface area contributed by atoms with Crippen molar-refractivity contribution >= 4 is 29.3 Å². The van der Waals surface area contributed by atoms with Gasteiger partial charge < -0.3 is 20.2 Å². The molecule has 134 valence electrons. The molecule has 2 aromatic rings. The number of aliphatic hydroxyl groups excluding tert-OH is 1. The van der Waals surface area contributed by atoms with E-state index in [9.17, 15) is 14.7 Å². The molecule has 6 nitrogen and oxygen atoms in total. The van der Waals surface area contributed by atoms with E-state index >= 15 is 0 Å². The Morgan fingerprint density at radius 3 is 2.60 bits per heavy atom. The molecule has 0 saturated carbocycles. The maximum Gasteiger partial charge on any atom is 0.313 e. The number of aryl methyl sites for hydroxylation is 2. The zero-order valence-electron chi connectivity index (χ0n) is 14.5. The number of nitrogens with one attached hydrogen (secondary N) is 2. The van der Waals surface area contributed by atoms with Crippen molar-refractivity contribution in [3.63, 3.8) is 0 Å². The molecule has 25 heavy (non-hydrogen) atoms. The van der Waals surface area contributed by atoms with Gasteiger partial charge in [0.2, 0.25) is 0 Å². The van der Waals surface area contributed by atoms with Crippen molar-refractivity contribution in [1.82, 2.24) is 5.32 Å². The topological polar surface area (TPSA) is 91.6 Å². The van der Waals surface area contributed by atoms with Crippen LogP contribution in [-0.4, -0.2) is 29.7 Å². The van der Waals surface area contributed by atoms with Gasteiger partial charge in [0.15, 0.2) is 0 Å². The van der Waals surface area contributed by atoms with Gasteiger partial charge in [-0.1, -0.05) is 12.1 Å². The number of thioether (sulfide) groups is 1. The van der Waals surface area contributed by atoms with E-state index in [4.69, 9.17) is 4.42 Å². The van der Waals surface area contributed by atoms with Crippen LogP contribution in [0, 0.1) is 13.8 Å².